The van der Waals surface area contributed by atoms with E-state index in [0.29, 0.717) is 45.6 Å². The molecule has 2 aliphatic rings. The van der Waals surface area contributed by atoms with Gasteiger partial charge in [0.2, 0.25) is 0 Å². The summed E-state index contributed by atoms with van der Waals surface area (Å²) in [5, 5.41) is 75.3. The fourth-order valence-corrected chi connectivity index (χ4v) is 7.35. The molecule has 258 valence electrons. The van der Waals surface area contributed by atoms with Gasteiger partial charge in [-0.2, -0.15) is 0 Å². The number of hydrogen-bond donors (Lipinski definition) is 9. The monoisotopic (exact) mass is 683 g/mol. The number of rotatable bonds is 8. The molecule has 1 saturated heterocycles. The predicted molar refractivity (Wildman–Crippen MR) is 178 cm³/mol. The Balaban J connectivity index is 1.38. The first kappa shape index (κ1) is 32.1. The quantitative estimate of drug-likeness (QED) is 0.104. The second-order valence-corrected chi connectivity index (χ2v) is 12.7. The average molecular weight is 684 g/mol. The number of carbonyl (C=O) groups is 2. The molecule has 0 aliphatic carbocycles. The molecule has 6 aromatic rings. The lowest BCUT2D eigenvalue weighted by atomic mass is 9.96. The number of hydrazine groups is 1. The van der Waals surface area contributed by atoms with Crippen molar-refractivity contribution in [3.8, 4) is 11.5 Å². The molecule has 0 saturated carbocycles. The van der Waals surface area contributed by atoms with Gasteiger partial charge in [0.05, 0.1) is 39.8 Å². The molecule has 3 aromatic carbocycles. The Bertz CT molecular complexity index is 2350. The molecule has 0 spiro atoms. The summed E-state index contributed by atoms with van der Waals surface area (Å²) in [5.74, 6) is -1.53. The van der Waals surface area contributed by atoms with E-state index in [0.717, 1.165) is 10.6 Å². The van der Waals surface area contributed by atoms with Gasteiger partial charge >= 0.3 is 0 Å². The van der Waals surface area contributed by atoms with Crippen LogP contribution < -0.4 is 5.43 Å². The van der Waals surface area contributed by atoms with Crippen molar-refractivity contribution in [3.63, 3.8) is 0 Å². The number of aryl methyl sites for hydroxylation is 1. The lowest BCUT2D eigenvalue weighted by molar-refractivity contribution is -0.249. The minimum Gasteiger partial charge on any atom is -0.508 e. The number of ether oxygens (including phenoxy) is 1. The number of H-pyrrole nitrogens is 1. The van der Waals surface area contributed by atoms with Crippen LogP contribution in [0.1, 0.15) is 44.5 Å². The summed E-state index contributed by atoms with van der Waals surface area (Å²) >= 11 is 0. The van der Waals surface area contributed by atoms with Gasteiger partial charge < -0.3 is 50.0 Å². The van der Waals surface area contributed by atoms with Gasteiger partial charge in [-0.3, -0.25) is 14.6 Å². The van der Waals surface area contributed by atoms with Crippen LogP contribution in [0.3, 0.4) is 0 Å². The molecule has 3 aromatic heterocycles. The van der Waals surface area contributed by atoms with Gasteiger partial charge in [-0.15, -0.1) is 0 Å². The van der Waals surface area contributed by atoms with Crippen LogP contribution in [-0.2, 0) is 17.7 Å². The highest BCUT2D eigenvalue weighted by Crippen LogP contribution is 2.48. The molecule has 8 rings (SSSR count). The summed E-state index contributed by atoms with van der Waals surface area (Å²) in [7, 11) is 0. The van der Waals surface area contributed by atoms with Crippen molar-refractivity contribution in [2.24, 2.45) is 0 Å². The summed E-state index contributed by atoms with van der Waals surface area (Å²) < 4.78 is 7.48. The molecule has 2 aliphatic heterocycles. The van der Waals surface area contributed by atoms with Gasteiger partial charge in [0, 0.05) is 59.2 Å². The zero-order valence-corrected chi connectivity index (χ0v) is 26.3. The van der Waals surface area contributed by atoms with E-state index >= 15 is 0 Å². The number of phenolic OH excluding ortho intramolecular Hbond substituents is 2. The lowest BCUT2D eigenvalue weighted by Gasteiger charge is -2.41. The van der Waals surface area contributed by atoms with Crippen LogP contribution in [0.25, 0.3) is 43.6 Å². The first-order valence-corrected chi connectivity index (χ1v) is 16.1. The summed E-state index contributed by atoms with van der Waals surface area (Å²) in [6.45, 7) is -0.589. The number of pyridine rings is 1. The summed E-state index contributed by atoms with van der Waals surface area (Å²) in [6.07, 6.45) is -3.37. The van der Waals surface area contributed by atoms with Crippen LogP contribution in [0, 0.1) is 0 Å². The van der Waals surface area contributed by atoms with Crippen LogP contribution in [0.15, 0.2) is 54.9 Å². The lowest BCUT2D eigenvalue weighted by Crippen LogP contribution is -2.56. The number of fused-ring (bicyclic) bond motifs is 10. The van der Waals surface area contributed by atoms with E-state index in [1.165, 1.54) is 28.8 Å². The molecular formula is C35H33N5O10. The van der Waals surface area contributed by atoms with Crippen LogP contribution in [0.2, 0.25) is 0 Å². The summed E-state index contributed by atoms with van der Waals surface area (Å²) in [6, 6.07) is 10.8. The number of aliphatic hydroxyl groups excluding tert-OH is 5. The smallest absolute Gasteiger partial charge is 0.276 e. The summed E-state index contributed by atoms with van der Waals surface area (Å²) in [4.78, 5) is 36.3. The van der Waals surface area contributed by atoms with Gasteiger partial charge in [-0.1, -0.05) is 6.07 Å². The molecule has 2 amide bonds. The van der Waals surface area contributed by atoms with E-state index in [1.54, 1.807) is 24.5 Å². The Kier molecular flexibility index (Phi) is 7.72. The maximum Gasteiger partial charge on any atom is 0.276 e. The number of phenols is 2. The maximum absolute atomic E-state index is 14.5. The fourth-order valence-electron chi connectivity index (χ4n) is 7.35. The largest absolute Gasteiger partial charge is 0.508 e. The standard InChI is InChI=1S/C35H33N5O10/c41-7-1-2-15-8-16(12-36-11-15)13-37-40-33(48)26-24-19-5-3-17(43)9-21(19)38-28(24)29-25(27(26)34(40)49)20-6-4-18(44)10-22(20)39(29)35-32(47)31(46)30(45)23(14-42)50-35/h3-6,8-12,23,30-32,35,37-38,41-47H,1-2,7,13-14H2/t23-,30-,31+,32-,35-/m1/s1. The van der Waals surface area contributed by atoms with Crippen molar-refractivity contribution in [1.82, 2.24) is 25.0 Å². The normalized spacial score (nSPS) is 22.5. The van der Waals surface area contributed by atoms with Gasteiger partial charge in [0.1, 0.15) is 35.9 Å². The second-order valence-electron chi connectivity index (χ2n) is 12.7. The third kappa shape index (κ3) is 4.74. The number of aromatic amines is 1. The highest BCUT2D eigenvalue weighted by atomic mass is 16.6. The number of benzene rings is 3. The third-order valence-corrected chi connectivity index (χ3v) is 9.63. The molecule has 50 heavy (non-hydrogen) atoms. The van der Waals surface area contributed by atoms with Crippen molar-refractivity contribution in [2.75, 3.05) is 13.2 Å². The second kappa shape index (κ2) is 12.0. The Hall–Kier alpha value is -5.13. The average Bonchev–Trinajstić information content (AvgIpc) is 3.72. The molecule has 0 radical (unpaired) electrons. The van der Waals surface area contributed by atoms with Crippen LogP contribution in [-0.4, -0.2) is 105 Å². The third-order valence-electron chi connectivity index (χ3n) is 9.63. The Morgan fingerprint density at radius 2 is 1.54 bits per heavy atom. The first-order chi connectivity index (χ1) is 24.1. The number of aromatic hydroxyl groups is 2. The number of imide groups is 1. The zero-order chi connectivity index (χ0) is 35.0. The van der Waals surface area contributed by atoms with Gasteiger partial charge in [-0.25, -0.2) is 10.4 Å². The molecule has 0 bridgehead atoms. The van der Waals surface area contributed by atoms with Gasteiger partial charge in [-0.05, 0) is 48.2 Å². The zero-order valence-electron chi connectivity index (χ0n) is 26.3. The Labute approximate surface area is 282 Å². The van der Waals surface area contributed by atoms with E-state index < -0.39 is 49.1 Å². The van der Waals surface area contributed by atoms with E-state index in [9.17, 15) is 45.3 Å². The molecule has 9 N–H and O–H groups in total. The van der Waals surface area contributed by atoms with Gasteiger partial charge in [0.25, 0.3) is 11.8 Å². The van der Waals surface area contributed by atoms with Crippen LogP contribution >= 0.6 is 0 Å². The predicted octanol–water partition coefficient (Wildman–Crippen LogP) is 1.43. The number of nitrogens with zero attached hydrogens (tertiary/aromatic N) is 3. The molecule has 15 nitrogen and oxygen atoms in total. The van der Waals surface area contributed by atoms with Crippen LogP contribution in [0.5, 0.6) is 11.5 Å². The van der Waals surface area contributed by atoms with Crippen molar-refractivity contribution in [3.05, 3.63) is 77.1 Å². The van der Waals surface area contributed by atoms with E-state index in [2.05, 4.69) is 15.4 Å². The molecule has 5 atom stereocenters. The minimum absolute atomic E-state index is 0.0281. The SMILES string of the molecule is O=C1c2c(c3c4ccc(O)cc4n([C@@H]4O[C@H](CO)[C@@H](O)[C@H](O)[C@H]4O)c3c3[nH]c4cc(O)ccc4c23)C(=O)N1NCc1cncc(CCCO)c1. The minimum atomic E-state index is -1.74. The maximum atomic E-state index is 14.5. The van der Waals surface area contributed by atoms with E-state index in [4.69, 9.17) is 4.74 Å². The van der Waals surface area contributed by atoms with Crippen molar-refractivity contribution in [2.45, 2.75) is 50.0 Å². The van der Waals surface area contributed by atoms with Gasteiger partial charge in [0.15, 0.2) is 6.23 Å². The number of aromatic nitrogens is 3. The highest BCUT2D eigenvalue weighted by molar-refractivity contribution is 6.39. The van der Waals surface area contributed by atoms with Crippen molar-refractivity contribution >= 4 is 55.4 Å². The Morgan fingerprint density at radius 1 is 0.840 bits per heavy atom. The topological polar surface area (TPSA) is 234 Å². The number of amides is 2. The van der Waals surface area contributed by atoms with E-state index in [-0.39, 0.29) is 52.2 Å². The number of aliphatic hydroxyl groups is 5. The first-order valence-electron chi connectivity index (χ1n) is 16.1. The number of hydrogen-bond acceptors (Lipinski definition) is 12. The van der Waals surface area contributed by atoms with E-state index in [1.807, 2.05) is 6.07 Å². The molecule has 15 heteroatoms. The fraction of sp³-hybridized carbons (Fsp3) is 0.286. The van der Waals surface area contributed by atoms with Crippen LogP contribution in [0.4, 0.5) is 0 Å². The number of carbonyl (C=O) groups excluding carboxylic acids is 2. The molecule has 1 fully saturated rings. The summed E-state index contributed by atoms with van der Waals surface area (Å²) in [5.41, 5.74) is 5.95. The Morgan fingerprint density at radius 3 is 2.28 bits per heavy atom. The highest BCUT2D eigenvalue weighted by Gasteiger charge is 2.47. The van der Waals surface area contributed by atoms with Crippen molar-refractivity contribution < 1.29 is 50.1 Å². The molecular weight excluding hydrogens is 650 g/mol. The number of nitrogens with one attached hydrogen (secondary N) is 2. The molecule has 5 heterocycles. The molecule has 0 unspecified atom stereocenters. The van der Waals surface area contributed by atoms with Crippen molar-refractivity contribution in [1.29, 1.82) is 0 Å².